The summed E-state index contributed by atoms with van der Waals surface area (Å²) in [7, 11) is 1.82. The van der Waals surface area contributed by atoms with Gasteiger partial charge in [0.2, 0.25) is 5.91 Å². The zero-order valence-corrected chi connectivity index (χ0v) is 18.9. The van der Waals surface area contributed by atoms with Crippen LogP contribution < -0.4 is 0 Å². The molecule has 1 aliphatic rings. The third kappa shape index (κ3) is 5.37. The van der Waals surface area contributed by atoms with Crippen LogP contribution in [0.15, 0.2) is 67.0 Å². The summed E-state index contributed by atoms with van der Waals surface area (Å²) in [4.78, 5) is 29.5. The normalized spacial score (nSPS) is 16.1. The van der Waals surface area contributed by atoms with E-state index >= 15 is 0 Å². The van der Waals surface area contributed by atoms with Gasteiger partial charge < -0.3 is 9.80 Å². The molecule has 166 valence electrons. The summed E-state index contributed by atoms with van der Waals surface area (Å²) in [6, 6.07) is 17.0. The maximum Gasteiger partial charge on any atom is 0.253 e. The second-order valence-electron chi connectivity index (χ2n) is 8.32. The highest BCUT2D eigenvalue weighted by Gasteiger charge is 2.30. The van der Waals surface area contributed by atoms with E-state index in [1.165, 1.54) is 5.56 Å². The summed E-state index contributed by atoms with van der Waals surface area (Å²) in [5.41, 5.74) is 2.77. The van der Waals surface area contributed by atoms with Gasteiger partial charge in [-0.2, -0.15) is 5.10 Å². The summed E-state index contributed by atoms with van der Waals surface area (Å²) < 4.78 is 1.89. The molecule has 0 radical (unpaired) electrons. The van der Waals surface area contributed by atoms with Gasteiger partial charge in [0.15, 0.2) is 0 Å². The van der Waals surface area contributed by atoms with E-state index < -0.39 is 0 Å². The topological polar surface area (TPSA) is 58.4 Å². The molecular weight excluding hydrogens is 424 g/mol. The van der Waals surface area contributed by atoms with Gasteiger partial charge in [-0.3, -0.25) is 14.3 Å². The molecule has 0 N–H and O–H groups in total. The molecule has 1 unspecified atom stereocenters. The van der Waals surface area contributed by atoms with E-state index in [1.807, 2.05) is 42.3 Å². The van der Waals surface area contributed by atoms with E-state index in [0.717, 1.165) is 18.4 Å². The Morgan fingerprint density at radius 3 is 2.59 bits per heavy atom. The van der Waals surface area contributed by atoms with Gasteiger partial charge in [0.1, 0.15) is 0 Å². The molecule has 1 saturated heterocycles. The number of hydrogen-bond donors (Lipinski definition) is 0. The number of benzene rings is 2. The SMILES string of the molecule is CN(Cc1cnn(Cc2ccccc2)c1)C(=O)C1CCCN(C(=O)c2ccc(Cl)cc2)C1. The number of hydrogen-bond acceptors (Lipinski definition) is 3. The second-order valence-corrected chi connectivity index (χ2v) is 8.76. The largest absolute Gasteiger partial charge is 0.341 e. The number of nitrogens with zero attached hydrogens (tertiary/aromatic N) is 4. The fourth-order valence-electron chi connectivity index (χ4n) is 4.15. The minimum Gasteiger partial charge on any atom is -0.341 e. The van der Waals surface area contributed by atoms with E-state index in [9.17, 15) is 9.59 Å². The number of aromatic nitrogens is 2. The van der Waals surface area contributed by atoms with E-state index in [2.05, 4.69) is 17.2 Å². The molecule has 0 aliphatic carbocycles. The van der Waals surface area contributed by atoms with Gasteiger partial charge in [-0.15, -0.1) is 0 Å². The lowest BCUT2D eigenvalue weighted by atomic mass is 9.96. The van der Waals surface area contributed by atoms with Crippen LogP contribution in [0.3, 0.4) is 0 Å². The Morgan fingerprint density at radius 2 is 1.84 bits per heavy atom. The van der Waals surface area contributed by atoms with Crippen molar-refractivity contribution in [3.63, 3.8) is 0 Å². The molecule has 1 aliphatic heterocycles. The van der Waals surface area contributed by atoms with Gasteiger partial charge in [0.25, 0.3) is 5.91 Å². The molecule has 1 fully saturated rings. The van der Waals surface area contributed by atoms with E-state index in [0.29, 0.717) is 36.8 Å². The number of rotatable bonds is 6. The fraction of sp³-hybridized carbons (Fsp3) is 0.320. The molecule has 2 aromatic carbocycles. The molecule has 4 rings (SSSR count). The summed E-state index contributed by atoms with van der Waals surface area (Å²) in [6.45, 7) is 2.30. The Kier molecular flexibility index (Phi) is 6.90. The summed E-state index contributed by atoms with van der Waals surface area (Å²) in [5, 5.41) is 5.03. The first-order chi connectivity index (χ1) is 15.5. The van der Waals surface area contributed by atoms with Gasteiger partial charge in [-0.1, -0.05) is 41.9 Å². The first-order valence-corrected chi connectivity index (χ1v) is 11.2. The van der Waals surface area contributed by atoms with E-state index in [1.54, 1.807) is 34.1 Å². The summed E-state index contributed by atoms with van der Waals surface area (Å²) >= 11 is 5.93. The third-order valence-electron chi connectivity index (χ3n) is 5.82. The Morgan fingerprint density at radius 1 is 1.09 bits per heavy atom. The monoisotopic (exact) mass is 450 g/mol. The lowest BCUT2D eigenvalue weighted by Crippen LogP contribution is -2.45. The minimum absolute atomic E-state index is 0.0518. The zero-order chi connectivity index (χ0) is 22.5. The van der Waals surface area contributed by atoms with Crippen LogP contribution >= 0.6 is 11.6 Å². The highest BCUT2D eigenvalue weighted by Crippen LogP contribution is 2.22. The average molecular weight is 451 g/mol. The highest BCUT2D eigenvalue weighted by molar-refractivity contribution is 6.30. The van der Waals surface area contributed by atoms with Crippen LogP contribution in [-0.4, -0.2) is 51.5 Å². The predicted octanol–water partition coefficient (Wildman–Crippen LogP) is 4.10. The van der Waals surface area contributed by atoms with Crippen LogP contribution in [0.4, 0.5) is 0 Å². The number of carbonyl (C=O) groups is 2. The quantitative estimate of drug-likeness (QED) is 0.568. The lowest BCUT2D eigenvalue weighted by Gasteiger charge is -2.34. The van der Waals surface area contributed by atoms with Gasteiger partial charge in [0.05, 0.1) is 18.7 Å². The molecule has 6 nitrogen and oxygen atoms in total. The van der Waals surface area contributed by atoms with E-state index in [4.69, 9.17) is 11.6 Å². The van der Waals surface area contributed by atoms with Crippen molar-refractivity contribution in [2.45, 2.75) is 25.9 Å². The molecule has 0 saturated carbocycles. The minimum atomic E-state index is -0.190. The Labute approximate surface area is 193 Å². The molecule has 32 heavy (non-hydrogen) atoms. The third-order valence-corrected chi connectivity index (χ3v) is 6.07. The van der Waals surface area contributed by atoms with Crippen LogP contribution in [0.2, 0.25) is 5.02 Å². The van der Waals surface area contributed by atoms with Crippen LogP contribution in [-0.2, 0) is 17.9 Å². The smallest absolute Gasteiger partial charge is 0.253 e. The first-order valence-electron chi connectivity index (χ1n) is 10.8. The Bertz CT molecular complexity index is 1070. The van der Waals surface area contributed by atoms with Crippen LogP contribution in [0.1, 0.15) is 34.3 Å². The molecular formula is C25H27ClN4O2. The summed E-state index contributed by atoms with van der Waals surface area (Å²) in [5.74, 6) is -0.178. The van der Waals surface area contributed by atoms with Gasteiger partial charge in [-0.05, 0) is 42.7 Å². The molecule has 2 heterocycles. The standard InChI is InChI=1S/C25H27ClN4O2/c1-28(15-20-14-27-30(17-20)16-19-6-3-2-4-7-19)24(31)22-8-5-13-29(18-22)25(32)21-9-11-23(26)12-10-21/h2-4,6-7,9-12,14,17,22H,5,8,13,15-16,18H2,1H3. The van der Waals surface area contributed by atoms with Gasteiger partial charge in [0, 0.05) is 49.0 Å². The van der Waals surface area contributed by atoms with Crippen LogP contribution in [0.25, 0.3) is 0 Å². The molecule has 7 heteroatoms. The summed E-state index contributed by atoms with van der Waals surface area (Å²) in [6.07, 6.45) is 5.40. The first kappa shape index (κ1) is 22.1. The van der Waals surface area contributed by atoms with Crippen molar-refractivity contribution < 1.29 is 9.59 Å². The highest BCUT2D eigenvalue weighted by atomic mass is 35.5. The van der Waals surface area contributed by atoms with Crippen molar-refractivity contribution in [1.82, 2.24) is 19.6 Å². The maximum atomic E-state index is 13.1. The molecule has 1 aromatic heterocycles. The fourth-order valence-corrected chi connectivity index (χ4v) is 4.27. The average Bonchev–Trinajstić information content (AvgIpc) is 3.25. The van der Waals surface area contributed by atoms with Gasteiger partial charge >= 0.3 is 0 Å². The van der Waals surface area contributed by atoms with Crippen molar-refractivity contribution in [2.24, 2.45) is 5.92 Å². The predicted molar refractivity (Wildman–Crippen MR) is 124 cm³/mol. The number of amides is 2. The number of likely N-dealkylation sites (tertiary alicyclic amines) is 1. The van der Waals surface area contributed by atoms with Crippen molar-refractivity contribution in [2.75, 3.05) is 20.1 Å². The Hall–Kier alpha value is -3.12. The molecule has 0 bridgehead atoms. The van der Waals surface area contributed by atoms with E-state index in [-0.39, 0.29) is 17.7 Å². The molecule has 1 atom stereocenters. The van der Waals surface area contributed by atoms with Crippen molar-refractivity contribution in [1.29, 1.82) is 0 Å². The molecule has 0 spiro atoms. The van der Waals surface area contributed by atoms with Crippen molar-refractivity contribution in [3.05, 3.63) is 88.7 Å². The van der Waals surface area contributed by atoms with Crippen LogP contribution in [0.5, 0.6) is 0 Å². The Balaban J connectivity index is 1.34. The number of carbonyl (C=O) groups excluding carboxylic acids is 2. The zero-order valence-electron chi connectivity index (χ0n) is 18.2. The van der Waals surface area contributed by atoms with Crippen molar-refractivity contribution in [3.8, 4) is 0 Å². The number of halogens is 1. The van der Waals surface area contributed by atoms with Crippen LogP contribution in [0, 0.1) is 5.92 Å². The maximum absolute atomic E-state index is 13.1. The van der Waals surface area contributed by atoms with Gasteiger partial charge in [-0.25, -0.2) is 0 Å². The molecule has 3 aromatic rings. The number of piperidine rings is 1. The molecule has 2 amide bonds. The van der Waals surface area contributed by atoms with Crippen molar-refractivity contribution >= 4 is 23.4 Å². The second kappa shape index (κ2) is 10.0. The lowest BCUT2D eigenvalue weighted by molar-refractivity contribution is -0.136.